The van der Waals surface area contributed by atoms with Gasteiger partial charge in [-0.15, -0.1) is 0 Å². The van der Waals surface area contributed by atoms with E-state index in [0.717, 1.165) is 4.90 Å². The van der Waals surface area contributed by atoms with Crippen molar-refractivity contribution in [2.24, 2.45) is 0 Å². The summed E-state index contributed by atoms with van der Waals surface area (Å²) in [6, 6.07) is 24.4. The van der Waals surface area contributed by atoms with Gasteiger partial charge in [0, 0.05) is 6.54 Å². The number of likely N-dealkylation sites (tertiary alicyclic amines) is 1. The van der Waals surface area contributed by atoms with Crippen LogP contribution in [-0.2, 0) is 45.3 Å². The van der Waals surface area contributed by atoms with Gasteiger partial charge in [-0.1, -0.05) is 72.8 Å². The lowest BCUT2D eigenvalue weighted by atomic mass is 9.74. The van der Waals surface area contributed by atoms with Crippen molar-refractivity contribution in [2.45, 2.75) is 62.5 Å². The molecule has 0 aromatic heterocycles. The number of hydrogen-bond acceptors (Lipinski definition) is 7. The average molecular weight is 814 g/mol. The van der Waals surface area contributed by atoms with Crippen molar-refractivity contribution in [2.75, 3.05) is 33.4 Å². The van der Waals surface area contributed by atoms with Gasteiger partial charge in [0.05, 0.1) is 56.2 Å². The number of ether oxygens (including phenoxy) is 3. The van der Waals surface area contributed by atoms with Crippen LogP contribution in [-0.4, -0.2) is 76.8 Å². The molecule has 2 saturated heterocycles. The number of rotatable bonds is 12. The molecule has 4 aromatic carbocycles. The Bertz CT molecular complexity index is 2050. The summed E-state index contributed by atoms with van der Waals surface area (Å²) in [6.07, 6.45) is -12.6. The number of urea groups is 1. The van der Waals surface area contributed by atoms with Gasteiger partial charge < -0.3 is 24.2 Å². The summed E-state index contributed by atoms with van der Waals surface area (Å²) in [7, 11) is 1.49. The highest BCUT2D eigenvalue weighted by Gasteiger charge is 2.63. The number of halogens is 6. The molecule has 0 saturated carbocycles. The minimum absolute atomic E-state index is 0.0305. The van der Waals surface area contributed by atoms with Gasteiger partial charge in [0.25, 0.3) is 5.91 Å². The minimum atomic E-state index is -5.09. The molecule has 4 amide bonds. The van der Waals surface area contributed by atoms with Gasteiger partial charge in [-0.3, -0.25) is 14.6 Å². The van der Waals surface area contributed by atoms with Crippen molar-refractivity contribution in [1.82, 2.24) is 14.7 Å². The number of amides is 4. The molecule has 3 atom stereocenters. The predicted octanol–water partition coefficient (Wildman–Crippen LogP) is 8.33. The van der Waals surface area contributed by atoms with Crippen molar-refractivity contribution in [3.05, 3.63) is 137 Å². The molecule has 1 N–H and O–H groups in total. The number of nitrogens with zero attached hydrogens (tertiary/aromatic N) is 3. The van der Waals surface area contributed by atoms with Crippen LogP contribution in [0.15, 0.2) is 103 Å². The third kappa shape index (κ3) is 8.48. The first-order valence-corrected chi connectivity index (χ1v) is 18.3. The lowest BCUT2D eigenvalue weighted by Crippen LogP contribution is -2.68. The quantitative estimate of drug-likeness (QED) is 0.113. The molecule has 58 heavy (non-hydrogen) atoms. The zero-order valence-electron chi connectivity index (χ0n) is 31.6. The summed E-state index contributed by atoms with van der Waals surface area (Å²) in [4.78, 5) is 46.8. The number of benzene rings is 4. The summed E-state index contributed by atoms with van der Waals surface area (Å²) in [5.41, 5.74) is -4.96. The van der Waals surface area contributed by atoms with Gasteiger partial charge in [-0.2, -0.15) is 26.3 Å². The molecule has 308 valence electrons. The van der Waals surface area contributed by atoms with Crippen LogP contribution in [0.1, 0.15) is 59.3 Å². The van der Waals surface area contributed by atoms with Gasteiger partial charge in [-0.25, -0.2) is 9.59 Å². The van der Waals surface area contributed by atoms with Crippen LogP contribution in [0.25, 0.3) is 0 Å². The van der Waals surface area contributed by atoms with Gasteiger partial charge in [0.2, 0.25) is 0 Å². The molecule has 2 aliphatic rings. The number of β-amino-alcohol motifs (C(OH)–C–C–N with tert-alkyl or cyclic N) is 1. The second-order valence-electron chi connectivity index (χ2n) is 14.2. The highest BCUT2D eigenvalue weighted by atomic mass is 19.4. The number of aliphatic hydroxyl groups excluding tert-OH is 1. The van der Waals surface area contributed by atoms with E-state index in [1.165, 1.54) is 23.8 Å². The third-order valence-corrected chi connectivity index (χ3v) is 10.7. The molecule has 10 nitrogen and oxygen atoms in total. The van der Waals surface area contributed by atoms with E-state index >= 15 is 0 Å². The molecular formula is C42H41F6N3O7. The van der Waals surface area contributed by atoms with Crippen LogP contribution in [0, 0.1) is 0 Å². The van der Waals surface area contributed by atoms with E-state index in [1.807, 2.05) is 0 Å². The number of carbonyl (C=O) groups is 3. The lowest BCUT2D eigenvalue weighted by molar-refractivity contribution is -0.144. The minimum Gasteiger partial charge on any atom is -0.497 e. The fourth-order valence-corrected chi connectivity index (χ4v) is 7.57. The Hall–Kier alpha value is -5.61. The van der Waals surface area contributed by atoms with Crippen molar-refractivity contribution >= 4 is 18.0 Å². The zero-order chi connectivity index (χ0) is 41.9. The topological polar surface area (TPSA) is 109 Å². The Morgan fingerprint density at radius 1 is 0.828 bits per heavy atom. The van der Waals surface area contributed by atoms with Gasteiger partial charge in [-0.05, 0) is 72.4 Å². The smallest absolute Gasteiger partial charge is 0.416 e. The normalized spacial score (nSPS) is 20.5. The van der Waals surface area contributed by atoms with E-state index in [2.05, 4.69) is 0 Å². The molecule has 1 unspecified atom stereocenters. The highest BCUT2D eigenvalue weighted by Crippen LogP contribution is 2.48. The van der Waals surface area contributed by atoms with Gasteiger partial charge in [0.1, 0.15) is 17.9 Å². The summed E-state index contributed by atoms with van der Waals surface area (Å²) >= 11 is 0. The fraction of sp³-hybridized carbons (Fsp3) is 0.357. The number of alkyl halides is 6. The van der Waals surface area contributed by atoms with E-state index in [-0.39, 0.29) is 38.6 Å². The largest absolute Gasteiger partial charge is 0.497 e. The van der Waals surface area contributed by atoms with E-state index in [1.54, 1.807) is 84.9 Å². The van der Waals surface area contributed by atoms with Crippen molar-refractivity contribution in [3.8, 4) is 5.75 Å². The van der Waals surface area contributed by atoms with Gasteiger partial charge >= 0.3 is 24.5 Å². The summed E-state index contributed by atoms with van der Waals surface area (Å²) in [5, 5.41) is 10.1. The van der Waals surface area contributed by atoms with E-state index in [4.69, 9.17) is 14.2 Å². The van der Waals surface area contributed by atoms with Crippen LogP contribution < -0.4 is 4.74 Å². The van der Waals surface area contributed by atoms with Crippen molar-refractivity contribution in [3.63, 3.8) is 0 Å². The molecular weight excluding hydrogens is 772 g/mol. The molecule has 2 heterocycles. The Kier molecular flexibility index (Phi) is 12.1. The second kappa shape index (κ2) is 16.7. The number of methoxy groups -OCH3 is 1. The van der Waals surface area contributed by atoms with Crippen molar-refractivity contribution < 1.29 is 60.0 Å². The van der Waals surface area contributed by atoms with Gasteiger partial charge in [0.15, 0.2) is 0 Å². The number of carbonyl (C=O) groups excluding carboxylic acids is 3. The number of aliphatic hydroxyl groups is 1. The number of imide groups is 1. The first kappa shape index (κ1) is 42.0. The van der Waals surface area contributed by atoms with Crippen LogP contribution in [0.5, 0.6) is 5.75 Å². The fourth-order valence-electron chi connectivity index (χ4n) is 7.57. The lowest BCUT2D eigenvalue weighted by Gasteiger charge is -2.53. The number of hydrogen-bond donors (Lipinski definition) is 1. The maximum atomic E-state index is 14.6. The first-order valence-electron chi connectivity index (χ1n) is 18.3. The second-order valence-corrected chi connectivity index (χ2v) is 14.2. The van der Waals surface area contributed by atoms with E-state index in [9.17, 15) is 45.8 Å². The molecule has 0 radical (unpaired) electrons. The SMILES string of the molecule is COc1ccc(CN2C(=O)N(CCO)C3(CC[C@@](CO[C@H](C)c4cc(C(F)(F)F)cc(C(F)(F)F)c4)(c4ccccc4)N(C(=O)OCc4ccccc4)C3)C2=O)cc1. The molecule has 16 heteroatoms. The van der Waals surface area contributed by atoms with Crippen LogP contribution >= 0.6 is 0 Å². The summed E-state index contributed by atoms with van der Waals surface area (Å²) in [6.45, 7) is -0.743. The maximum absolute atomic E-state index is 14.6. The molecule has 2 fully saturated rings. The first-order chi connectivity index (χ1) is 27.5. The zero-order valence-corrected chi connectivity index (χ0v) is 31.6. The Morgan fingerprint density at radius 2 is 1.43 bits per heavy atom. The Labute approximate surface area is 330 Å². The highest BCUT2D eigenvalue weighted by molar-refractivity contribution is 6.07. The predicted molar refractivity (Wildman–Crippen MR) is 197 cm³/mol. The standard InChI is InChI=1S/C42H41F6N3O7/c1-28(31-21-33(41(43,44)45)23-34(22-31)42(46,47)48)58-27-40(32-11-7-4-8-12-32)18-17-39(26-51(40)38(55)57-25-30-9-5-3-6-10-30)36(53)49(37(54)50(39)19-20-52)24-29-13-15-35(56-2)16-14-29/h3-16,21-23,28,52H,17-20,24-27H2,1-2H3/t28-,39?,40-/m1/s1. The molecule has 6 rings (SSSR count). The third-order valence-electron chi connectivity index (χ3n) is 10.7. The van der Waals surface area contributed by atoms with Crippen LogP contribution in [0.3, 0.4) is 0 Å². The molecule has 0 bridgehead atoms. The Balaban J connectivity index is 1.41. The van der Waals surface area contributed by atoms with Crippen molar-refractivity contribution in [1.29, 1.82) is 0 Å². The maximum Gasteiger partial charge on any atom is 0.416 e. The Morgan fingerprint density at radius 3 is 2.00 bits per heavy atom. The summed E-state index contributed by atoms with van der Waals surface area (Å²) < 4.78 is 100. The van der Waals surface area contributed by atoms with E-state index in [0.29, 0.717) is 34.6 Å². The average Bonchev–Trinajstić information content (AvgIpc) is 3.39. The number of piperidine rings is 1. The molecule has 0 aliphatic carbocycles. The molecule has 4 aromatic rings. The van der Waals surface area contributed by atoms with Crippen LogP contribution in [0.4, 0.5) is 35.9 Å². The van der Waals surface area contributed by atoms with E-state index < -0.39 is 84.0 Å². The summed E-state index contributed by atoms with van der Waals surface area (Å²) in [5.74, 6) is -0.0806. The molecule has 1 spiro atoms. The van der Waals surface area contributed by atoms with Crippen LogP contribution in [0.2, 0.25) is 0 Å². The monoisotopic (exact) mass is 813 g/mol. The molecule has 2 aliphatic heterocycles.